The quantitative estimate of drug-likeness (QED) is 0.769. The average molecular weight is 327 g/mol. The number of benzene rings is 2. The first-order valence-corrected chi connectivity index (χ1v) is 6.92. The Morgan fingerprint density at radius 1 is 1.20 bits per heavy atom. The summed E-state index contributed by atoms with van der Waals surface area (Å²) in [5.41, 5.74) is 3.51. The number of anilines is 1. The molecule has 0 spiro atoms. The topological polar surface area (TPSA) is 64.5 Å². The molecule has 1 aromatic heterocycles. The Morgan fingerprint density at radius 2 is 2.00 bits per heavy atom. The van der Waals surface area contributed by atoms with E-state index in [9.17, 15) is 0 Å². The fourth-order valence-electron chi connectivity index (χ4n) is 1.95. The van der Waals surface area contributed by atoms with E-state index in [0.29, 0.717) is 18.1 Å². The van der Waals surface area contributed by atoms with Crippen LogP contribution in [-0.2, 0) is 6.54 Å². The molecule has 4 nitrogen and oxygen atoms in total. The fourth-order valence-corrected chi connectivity index (χ4v) is 2.22. The number of H-pyrrole nitrogens is 1. The van der Waals surface area contributed by atoms with Crippen LogP contribution in [0.3, 0.4) is 0 Å². The van der Waals surface area contributed by atoms with E-state index in [4.69, 9.17) is 5.26 Å². The van der Waals surface area contributed by atoms with Crippen LogP contribution in [0, 0.1) is 11.3 Å². The molecule has 0 radical (unpaired) electrons. The second-order valence-corrected chi connectivity index (χ2v) is 5.32. The lowest BCUT2D eigenvalue weighted by Crippen LogP contribution is -2.00. The average Bonchev–Trinajstić information content (AvgIpc) is 2.88. The number of halogens is 1. The van der Waals surface area contributed by atoms with E-state index in [0.717, 1.165) is 15.5 Å². The summed E-state index contributed by atoms with van der Waals surface area (Å²) in [4.78, 5) is 7.60. The van der Waals surface area contributed by atoms with Gasteiger partial charge >= 0.3 is 0 Å². The van der Waals surface area contributed by atoms with E-state index in [1.165, 1.54) is 5.56 Å². The van der Waals surface area contributed by atoms with Crippen molar-refractivity contribution in [3.8, 4) is 6.07 Å². The Bertz CT molecular complexity index is 784. The molecule has 0 aliphatic carbocycles. The number of fused-ring (bicyclic) bond motifs is 1. The number of hydrogen-bond donors (Lipinski definition) is 2. The minimum atomic E-state index is 0.626. The van der Waals surface area contributed by atoms with E-state index in [1.54, 1.807) is 12.1 Å². The molecule has 0 aliphatic rings. The predicted octanol–water partition coefficient (Wildman–Crippen LogP) is 3.81. The second kappa shape index (κ2) is 5.35. The first kappa shape index (κ1) is 12.7. The largest absolute Gasteiger partial charge is 0.352 e. The number of hydrogen-bond acceptors (Lipinski definition) is 3. The highest BCUT2D eigenvalue weighted by atomic mass is 79.9. The van der Waals surface area contributed by atoms with E-state index in [-0.39, 0.29) is 0 Å². The molecule has 0 bridgehead atoms. The number of nitrogens with zero attached hydrogens (tertiary/aromatic N) is 2. The number of aromatic amines is 1. The van der Waals surface area contributed by atoms with Crippen LogP contribution < -0.4 is 5.32 Å². The zero-order chi connectivity index (χ0) is 13.9. The molecule has 1 heterocycles. The molecule has 2 aromatic carbocycles. The highest BCUT2D eigenvalue weighted by Crippen LogP contribution is 2.17. The van der Waals surface area contributed by atoms with Gasteiger partial charge in [-0.2, -0.15) is 5.26 Å². The van der Waals surface area contributed by atoms with E-state index >= 15 is 0 Å². The van der Waals surface area contributed by atoms with Crippen molar-refractivity contribution >= 4 is 32.9 Å². The molecule has 0 atom stereocenters. The van der Waals surface area contributed by atoms with Crippen molar-refractivity contribution in [1.82, 2.24) is 9.97 Å². The van der Waals surface area contributed by atoms with Gasteiger partial charge in [-0.1, -0.05) is 28.1 Å². The van der Waals surface area contributed by atoms with Gasteiger partial charge in [-0.05, 0) is 35.9 Å². The summed E-state index contributed by atoms with van der Waals surface area (Å²) in [6.45, 7) is 0.693. The SMILES string of the molecule is N#Cc1ccc2nc(NCc3ccc(Br)cc3)[nH]c2c1. The van der Waals surface area contributed by atoms with Gasteiger partial charge in [0.15, 0.2) is 0 Å². The third kappa shape index (κ3) is 2.65. The molecule has 0 aliphatic heterocycles. The van der Waals surface area contributed by atoms with Crippen LogP contribution in [0.15, 0.2) is 46.9 Å². The van der Waals surface area contributed by atoms with Gasteiger partial charge < -0.3 is 10.3 Å². The van der Waals surface area contributed by atoms with Crippen LogP contribution in [-0.4, -0.2) is 9.97 Å². The van der Waals surface area contributed by atoms with E-state index < -0.39 is 0 Å². The Balaban J connectivity index is 1.77. The molecule has 2 N–H and O–H groups in total. The third-order valence-electron chi connectivity index (χ3n) is 2.98. The highest BCUT2D eigenvalue weighted by Gasteiger charge is 2.03. The lowest BCUT2D eigenvalue weighted by molar-refractivity contribution is 1.10. The Kier molecular flexibility index (Phi) is 3.40. The van der Waals surface area contributed by atoms with Gasteiger partial charge in [0, 0.05) is 11.0 Å². The maximum atomic E-state index is 8.87. The molecule has 98 valence electrons. The summed E-state index contributed by atoms with van der Waals surface area (Å²) >= 11 is 3.41. The van der Waals surface area contributed by atoms with Crippen molar-refractivity contribution in [3.05, 3.63) is 58.1 Å². The highest BCUT2D eigenvalue weighted by molar-refractivity contribution is 9.10. The molecule has 5 heteroatoms. The molecule has 0 saturated carbocycles. The summed E-state index contributed by atoms with van der Waals surface area (Å²) in [7, 11) is 0. The van der Waals surface area contributed by atoms with Crippen LogP contribution in [0.5, 0.6) is 0 Å². The van der Waals surface area contributed by atoms with Gasteiger partial charge in [-0.15, -0.1) is 0 Å². The van der Waals surface area contributed by atoms with Crippen LogP contribution >= 0.6 is 15.9 Å². The Morgan fingerprint density at radius 3 is 2.75 bits per heavy atom. The van der Waals surface area contributed by atoms with Crippen molar-refractivity contribution in [2.75, 3.05) is 5.32 Å². The van der Waals surface area contributed by atoms with E-state index in [2.05, 4.69) is 37.3 Å². The first-order chi connectivity index (χ1) is 9.74. The Hall–Kier alpha value is -2.32. The standard InChI is InChI=1S/C15H11BrN4/c16-12-4-1-10(2-5-12)9-18-15-19-13-6-3-11(8-17)7-14(13)20-15/h1-7H,9H2,(H2,18,19,20). The monoisotopic (exact) mass is 326 g/mol. The number of rotatable bonds is 3. The number of nitriles is 1. The molecule has 0 unspecified atom stereocenters. The van der Waals surface area contributed by atoms with Crippen molar-refractivity contribution in [2.45, 2.75) is 6.54 Å². The maximum Gasteiger partial charge on any atom is 0.201 e. The van der Waals surface area contributed by atoms with Crippen molar-refractivity contribution < 1.29 is 0 Å². The van der Waals surface area contributed by atoms with E-state index in [1.807, 2.05) is 30.3 Å². The van der Waals surface area contributed by atoms with Crippen molar-refractivity contribution in [1.29, 1.82) is 5.26 Å². The third-order valence-corrected chi connectivity index (χ3v) is 3.51. The normalized spacial score (nSPS) is 10.4. The molecule has 0 saturated heterocycles. The van der Waals surface area contributed by atoms with Gasteiger partial charge in [0.05, 0.1) is 22.7 Å². The molecule has 3 aromatic rings. The lowest BCUT2D eigenvalue weighted by Gasteiger charge is -2.02. The summed E-state index contributed by atoms with van der Waals surface area (Å²) in [5, 5.41) is 12.1. The van der Waals surface area contributed by atoms with Gasteiger partial charge in [-0.25, -0.2) is 4.98 Å². The van der Waals surface area contributed by atoms with Crippen molar-refractivity contribution in [3.63, 3.8) is 0 Å². The molecule has 20 heavy (non-hydrogen) atoms. The summed E-state index contributed by atoms with van der Waals surface area (Å²) in [5.74, 6) is 0.706. The zero-order valence-corrected chi connectivity index (χ0v) is 12.1. The number of imidazole rings is 1. The van der Waals surface area contributed by atoms with Gasteiger partial charge in [0.2, 0.25) is 5.95 Å². The molecular formula is C15H11BrN4. The number of nitrogens with one attached hydrogen (secondary N) is 2. The summed E-state index contributed by atoms with van der Waals surface area (Å²) in [6.07, 6.45) is 0. The van der Waals surface area contributed by atoms with Gasteiger partial charge in [-0.3, -0.25) is 0 Å². The Labute approximate surface area is 124 Å². The molecule has 0 fully saturated rings. The summed E-state index contributed by atoms with van der Waals surface area (Å²) < 4.78 is 1.06. The number of aromatic nitrogens is 2. The second-order valence-electron chi connectivity index (χ2n) is 4.41. The van der Waals surface area contributed by atoms with Crippen LogP contribution in [0.4, 0.5) is 5.95 Å². The fraction of sp³-hybridized carbons (Fsp3) is 0.0667. The van der Waals surface area contributed by atoms with Crippen LogP contribution in [0.25, 0.3) is 11.0 Å². The zero-order valence-electron chi connectivity index (χ0n) is 10.5. The van der Waals surface area contributed by atoms with Gasteiger partial charge in [0.25, 0.3) is 0 Å². The minimum Gasteiger partial charge on any atom is -0.352 e. The van der Waals surface area contributed by atoms with Gasteiger partial charge in [0.1, 0.15) is 0 Å². The predicted molar refractivity (Wildman–Crippen MR) is 82.3 cm³/mol. The molecular weight excluding hydrogens is 316 g/mol. The smallest absolute Gasteiger partial charge is 0.201 e. The summed E-state index contributed by atoms with van der Waals surface area (Å²) in [6, 6.07) is 15.6. The van der Waals surface area contributed by atoms with Crippen molar-refractivity contribution in [2.24, 2.45) is 0 Å². The minimum absolute atomic E-state index is 0.626. The van der Waals surface area contributed by atoms with Crippen LogP contribution in [0.2, 0.25) is 0 Å². The lowest BCUT2D eigenvalue weighted by atomic mass is 10.2. The first-order valence-electron chi connectivity index (χ1n) is 6.13. The molecule has 0 amide bonds. The maximum absolute atomic E-state index is 8.87. The molecule has 3 rings (SSSR count). The van der Waals surface area contributed by atoms with Crippen LogP contribution in [0.1, 0.15) is 11.1 Å².